The molecule has 5 atom stereocenters. The van der Waals surface area contributed by atoms with E-state index in [4.69, 9.17) is 14.5 Å². The van der Waals surface area contributed by atoms with Gasteiger partial charge in [-0.2, -0.15) is 0 Å². The normalized spacial score (nSPS) is 24.6. The molecule has 1 aliphatic carbocycles. The number of carbonyl (C=O) groups excluding carboxylic acids is 3. The molecule has 1 amide bonds. The van der Waals surface area contributed by atoms with Crippen molar-refractivity contribution in [3.63, 3.8) is 0 Å². The second kappa shape index (κ2) is 14.3. The van der Waals surface area contributed by atoms with Gasteiger partial charge in [-0.3, -0.25) is 14.4 Å². The van der Waals surface area contributed by atoms with Crippen LogP contribution in [0.2, 0.25) is 0 Å². The number of carbonyl (C=O) groups is 3. The summed E-state index contributed by atoms with van der Waals surface area (Å²) in [5.74, 6) is -0.832. The molecule has 1 aromatic heterocycles. The number of nitrogens with zero attached hydrogens (tertiary/aromatic N) is 2. The maximum absolute atomic E-state index is 14.5. The van der Waals surface area contributed by atoms with Crippen LogP contribution in [0.5, 0.6) is 5.75 Å². The van der Waals surface area contributed by atoms with Crippen molar-refractivity contribution in [1.82, 2.24) is 9.88 Å². The van der Waals surface area contributed by atoms with Crippen LogP contribution in [0.1, 0.15) is 77.2 Å². The Morgan fingerprint density at radius 1 is 1.12 bits per heavy atom. The number of benzene rings is 2. The first kappa shape index (κ1) is 34.5. The molecular formula is C41H47FN2O5. The second-order valence-corrected chi connectivity index (χ2v) is 14.2. The van der Waals surface area contributed by atoms with Crippen molar-refractivity contribution in [1.29, 1.82) is 0 Å². The summed E-state index contributed by atoms with van der Waals surface area (Å²) >= 11 is 0. The van der Waals surface area contributed by atoms with E-state index in [1.165, 1.54) is 12.1 Å². The van der Waals surface area contributed by atoms with Crippen LogP contribution in [0.3, 0.4) is 0 Å². The Labute approximate surface area is 288 Å². The van der Waals surface area contributed by atoms with Crippen LogP contribution in [0.25, 0.3) is 22.2 Å². The molecule has 2 aromatic carbocycles. The summed E-state index contributed by atoms with van der Waals surface area (Å²) in [7, 11) is 0. The van der Waals surface area contributed by atoms with Gasteiger partial charge in [0.15, 0.2) is 5.78 Å². The van der Waals surface area contributed by atoms with Crippen molar-refractivity contribution in [2.75, 3.05) is 13.2 Å². The molecule has 1 spiro atoms. The van der Waals surface area contributed by atoms with Crippen LogP contribution in [0.4, 0.5) is 4.39 Å². The lowest BCUT2D eigenvalue weighted by atomic mass is 9.85. The highest BCUT2D eigenvalue weighted by molar-refractivity contribution is 5.95. The number of aromatic nitrogens is 1. The number of pyridine rings is 1. The predicted molar refractivity (Wildman–Crippen MR) is 188 cm³/mol. The number of rotatable bonds is 14. The standard InChI is InChI=1S/C41H47FN2O5/c1-5-8-9-10-11-15-27(4)38(46)44-26-40(24-34(44)35(45)25-41(23-29(41)6-2)39(47)48-7-3)21-20-32-31-18-12-13-19-33(31)43-36(37(32)49-40)28-16-14-17-30(42)22-28/h5-6,12-14,16-19,22,27,29,34H,1-2,7-11,15,20-21,23-26H2,3-4H3/t27-,29+,34-,40+,41+/m0/s1. The van der Waals surface area contributed by atoms with Crippen molar-refractivity contribution < 1.29 is 28.2 Å². The van der Waals surface area contributed by atoms with Gasteiger partial charge in [-0.15, -0.1) is 13.2 Å². The number of aryl methyl sites for hydroxylation is 1. The van der Waals surface area contributed by atoms with E-state index in [0.717, 1.165) is 48.6 Å². The molecule has 1 saturated heterocycles. The fourth-order valence-electron chi connectivity index (χ4n) is 7.97. The maximum Gasteiger partial charge on any atom is 0.313 e. The number of halogens is 1. The van der Waals surface area contributed by atoms with Crippen LogP contribution in [-0.4, -0.2) is 52.3 Å². The van der Waals surface area contributed by atoms with Crippen molar-refractivity contribution in [2.45, 2.75) is 89.7 Å². The summed E-state index contributed by atoms with van der Waals surface area (Å²) in [6.07, 6.45) is 10.3. The van der Waals surface area contributed by atoms with E-state index in [0.29, 0.717) is 42.7 Å². The zero-order valence-electron chi connectivity index (χ0n) is 28.7. The first-order chi connectivity index (χ1) is 23.6. The minimum atomic E-state index is -0.941. The lowest BCUT2D eigenvalue weighted by molar-refractivity contribution is -0.152. The molecule has 8 heteroatoms. The largest absolute Gasteiger partial charge is 0.483 e. The van der Waals surface area contributed by atoms with Crippen molar-refractivity contribution >= 4 is 28.6 Å². The molecule has 0 radical (unpaired) electrons. The number of unbranched alkanes of at least 4 members (excludes halogenated alkanes) is 3. The summed E-state index contributed by atoms with van der Waals surface area (Å²) < 4.78 is 26.9. The predicted octanol–water partition coefficient (Wildman–Crippen LogP) is 8.19. The summed E-state index contributed by atoms with van der Waals surface area (Å²) in [6.45, 7) is 11.9. The molecule has 3 heterocycles. The van der Waals surface area contributed by atoms with E-state index in [1.54, 1.807) is 24.0 Å². The number of fused-ring (bicyclic) bond motifs is 3. The minimum absolute atomic E-state index is 0.0136. The van der Waals surface area contributed by atoms with Crippen LogP contribution < -0.4 is 4.74 Å². The molecule has 2 aliphatic heterocycles. The monoisotopic (exact) mass is 666 g/mol. The molecule has 0 bridgehead atoms. The number of allylic oxidation sites excluding steroid dienone is 2. The number of hydrogen-bond acceptors (Lipinski definition) is 6. The average Bonchev–Trinajstić information content (AvgIpc) is 3.70. The lowest BCUT2D eigenvalue weighted by Crippen LogP contribution is -2.46. The van der Waals surface area contributed by atoms with E-state index in [1.807, 2.05) is 43.3 Å². The topological polar surface area (TPSA) is 85.8 Å². The van der Waals surface area contributed by atoms with E-state index in [9.17, 15) is 18.8 Å². The third-order valence-corrected chi connectivity index (χ3v) is 10.8. The van der Waals surface area contributed by atoms with Crippen LogP contribution in [0, 0.1) is 23.1 Å². The molecule has 0 unspecified atom stereocenters. The van der Waals surface area contributed by atoms with E-state index in [-0.39, 0.29) is 54.9 Å². The number of esters is 1. The van der Waals surface area contributed by atoms with E-state index < -0.39 is 17.1 Å². The highest BCUT2D eigenvalue weighted by atomic mass is 19.1. The number of para-hydroxylation sites is 1. The van der Waals surface area contributed by atoms with Gasteiger partial charge in [0.25, 0.3) is 0 Å². The van der Waals surface area contributed by atoms with Crippen molar-refractivity contribution in [2.24, 2.45) is 17.3 Å². The number of likely N-dealkylation sites (tertiary alicyclic amines) is 1. The molecule has 3 aliphatic rings. The van der Waals surface area contributed by atoms with Crippen LogP contribution in [-0.2, 0) is 25.5 Å². The Bertz CT molecular complexity index is 1770. The van der Waals surface area contributed by atoms with Gasteiger partial charge in [0.05, 0.1) is 30.1 Å². The zero-order chi connectivity index (χ0) is 34.8. The molecule has 3 aromatic rings. The van der Waals surface area contributed by atoms with Gasteiger partial charge in [0, 0.05) is 35.3 Å². The zero-order valence-corrected chi connectivity index (χ0v) is 28.7. The van der Waals surface area contributed by atoms with E-state index in [2.05, 4.69) is 13.2 Å². The molecule has 0 N–H and O–H groups in total. The Balaban J connectivity index is 1.34. The quantitative estimate of drug-likeness (QED) is 0.0980. The molecular weight excluding hydrogens is 619 g/mol. The maximum atomic E-state index is 14.5. The van der Waals surface area contributed by atoms with Gasteiger partial charge >= 0.3 is 5.97 Å². The van der Waals surface area contributed by atoms with Gasteiger partial charge in [-0.05, 0) is 69.6 Å². The van der Waals surface area contributed by atoms with Crippen molar-refractivity contribution in [3.8, 4) is 17.0 Å². The van der Waals surface area contributed by atoms with Crippen LogP contribution in [0.15, 0.2) is 73.8 Å². The lowest BCUT2D eigenvalue weighted by Gasteiger charge is -2.37. The van der Waals surface area contributed by atoms with Crippen LogP contribution >= 0.6 is 0 Å². The van der Waals surface area contributed by atoms with Gasteiger partial charge in [-0.25, -0.2) is 9.37 Å². The van der Waals surface area contributed by atoms with Gasteiger partial charge < -0.3 is 14.4 Å². The Morgan fingerprint density at radius 2 is 1.94 bits per heavy atom. The highest BCUT2D eigenvalue weighted by Crippen LogP contribution is 2.58. The number of ether oxygens (including phenoxy) is 2. The van der Waals surface area contributed by atoms with Gasteiger partial charge in [0.1, 0.15) is 22.9 Å². The number of Topliss-reactive ketones (excluding diaryl/α,β-unsaturated/α-hetero) is 1. The summed E-state index contributed by atoms with van der Waals surface area (Å²) in [4.78, 5) is 48.4. The molecule has 1 saturated carbocycles. The number of ketones is 1. The SMILES string of the molecule is C=CCCCCC[C@H](C)C(=O)N1C[C@@]2(CCc3c(c(-c4cccc(F)c4)nc4ccccc34)O2)C[C@H]1C(=O)C[C@]1(C(=O)OCC)C[C@H]1C=C. The van der Waals surface area contributed by atoms with Gasteiger partial charge in [0.2, 0.25) is 5.91 Å². The highest BCUT2D eigenvalue weighted by Gasteiger charge is 2.62. The third kappa shape index (κ3) is 6.79. The first-order valence-electron chi connectivity index (χ1n) is 17.8. The van der Waals surface area contributed by atoms with E-state index >= 15 is 0 Å². The first-order valence-corrected chi connectivity index (χ1v) is 17.8. The second-order valence-electron chi connectivity index (χ2n) is 14.2. The molecule has 7 nitrogen and oxygen atoms in total. The van der Waals surface area contributed by atoms with Gasteiger partial charge in [-0.1, -0.05) is 62.2 Å². The number of amides is 1. The molecule has 49 heavy (non-hydrogen) atoms. The third-order valence-electron chi connectivity index (χ3n) is 10.8. The Morgan fingerprint density at radius 3 is 2.67 bits per heavy atom. The van der Waals surface area contributed by atoms with Crippen molar-refractivity contribution in [3.05, 3.63) is 85.2 Å². The fourth-order valence-corrected chi connectivity index (χ4v) is 7.97. The molecule has 258 valence electrons. The smallest absolute Gasteiger partial charge is 0.313 e. The minimum Gasteiger partial charge on any atom is -0.483 e. The summed E-state index contributed by atoms with van der Waals surface area (Å²) in [6, 6.07) is 13.4. The fraction of sp³-hybridized carbons (Fsp3) is 0.463. The summed E-state index contributed by atoms with van der Waals surface area (Å²) in [5.41, 5.74) is 1.14. The summed E-state index contributed by atoms with van der Waals surface area (Å²) in [5, 5.41) is 0.969. The average molecular weight is 667 g/mol. The molecule has 2 fully saturated rings. The Hall–Kier alpha value is -4.33. The Kier molecular flexibility index (Phi) is 10.0. The number of hydrogen-bond donors (Lipinski definition) is 0. The molecule has 6 rings (SSSR count).